The smallest absolute Gasteiger partial charge is 0.326 e. The third kappa shape index (κ3) is 38.2. The number of phenols is 2. The van der Waals surface area contributed by atoms with Gasteiger partial charge in [-0.15, -0.1) is 0 Å². The molecule has 3 rings (SSSR count). The number of benzene rings is 2. The number of aliphatic hydroxyl groups excluding tert-OH is 4. The summed E-state index contributed by atoms with van der Waals surface area (Å²) in [5, 5.41) is 106. The second kappa shape index (κ2) is 56.4. The van der Waals surface area contributed by atoms with Crippen molar-refractivity contribution >= 4 is 132 Å². The highest BCUT2D eigenvalue weighted by Gasteiger charge is 2.46. The Labute approximate surface area is 768 Å². The van der Waals surface area contributed by atoms with Crippen molar-refractivity contribution in [2.24, 2.45) is 62.7 Å². The maximum atomic E-state index is 14.8. The van der Waals surface area contributed by atoms with Gasteiger partial charge in [-0.2, -0.15) is 25.3 Å². The van der Waals surface area contributed by atoms with E-state index in [4.69, 9.17) is 45.9 Å². The SMILES string of the molecule is CC[C@H](C)[C@H](NC(=O)[C@@H]1C[C@@H](O)CN1C(=O)[C@@H](N)C(C)C)C(=O)N[C@H](C(=O)N[C@@H](Cc1ccc(O)cc1)C(=O)N[C@H](C(=O)N[C@@H](CC(N)=O)C(=O)N[C@@H](CCCN=C(N)N)C(=O)N[C@@H](CCN)C(=O)N[C@H](C(=O)N[C@H](CCN)C(=O)N[C@@H](CCCCN)C(=O)N[C@@H](CS)C(=O)N[C@@H](CCN)C(=O)N[C@@H](CO)C(=O)N[C@@H](Cc1ccc(O)cc1)C(=O)O)[C@@H](C)O)C(C)(C)S)[C@@H](C)O. The number of β-amino-alcohol motifs (C(OH)–C–C–N with tert-alkyl or cyclic N) is 1. The molecule has 1 aliphatic heterocycles. The molecule has 2 aromatic rings. The van der Waals surface area contributed by atoms with Crippen molar-refractivity contribution in [1.82, 2.24) is 79.3 Å². The lowest BCUT2D eigenvalue weighted by molar-refractivity contribution is -0.142. The number of nitrogens with two attached hydrogens (primary N) is 8. The molecule has 1 aliphatic rings. The summed E-state index contributed by atoms with van der Waals surface area (Å²) < 4.78 is -1.64. The summed E-state index contributed by atoms with van der Waals surface area (Å²) in [6.07, 6.45) is -7.45. The molecule has 0 aliphatic carbocycles. The number of thiol groups is 2. The van der Waals surface area contributed by atoms with Crippen LogP contribution in [0.2, 0.25) is 0 Å². The van der Waals surface area contributed by atoms with Gasteiger partial charge in [0.1, 0.15) is 102 Å². The number of aliphatic hydroxyl groups is 4. The number of amides is 16. The van der Waals surface area contributed by atoms with Crippen LogP contribution in [0.5, 0.6) is 11.5 Å². The van der Waals surface area contributed by atoms with Crippen molar-refractivity contribution in [1.29, 1.82) is 0 Å². The molecule has 50 heteroatoms. The van der Waals surface area contributed by atoms with Gasteiger partial charge in [-0.05, 0) is 152 Å². The van der Waals surface area contributed by atoms with Crippen molar-refractivity contribution in [3.8, 4) is 11.5 Å². The van der Waals surface area contributed by atoms with Crippen LogP contribution in [0.3, 0.4) is 0 Å². The van der Waals surface area contributed by atoms with E-state index in [9.17, 15) is 117 Å². The van der Waals surface area contributed by atoms with Crippen LogP contribution in [0.1, 0.15) is 137 Å². The number of phenolic OH excluding ortho intramolecular Hbond substituents is 2. The molecular formula is C81H134N24O24S2. The highest BCUT2D eigenvalue weighted by Crippen LogP contribution is 2.24. The van der Waals surface area contributed by atoms with Gasteiger partial charge >= 0.3 is 5.97 Å². The number of guanidine groups is 1. The minimum Gasteiger partial charge on any atom is -0.508 e. The van der Waals surface area contributed by atoms with Crippen molar-refractivity contribution in [2.75, 3.05) is 51.6 Å². The van der Waals surface area contributed by atoms with E-state index in [1.807, 2.05) is 0 Å². The predicted octanol–water partition coefficient (Wildman–Crippen LogP) is -10.8. The third-order valence-electron chi connectivity index (χ3n) is 21.1. The molecule has 0 radical (unpaired) electrons. The number of nitrogens with one attached hydrogen (secondary N) is 14. The summed E-state index contributed by atoms with van der Waals surface area (Å²) in [6.45, 7) is 9.37. The van der Waals surface area contributed by atoms with Gasteiger partial charge in [-0.1, -0.05) is 58.4 Å². The molecule has 0 aromatic heterocycles. The van der Waals surface area contributed by atoms with Gasteiger partial charge in [0.05, 0.1) is 37.4 Å². The minimum atomic E-state index is -2.01. The van der Waals surface area contributed by atoms with Gasteiger partial charge in [0, 0.05) is 42.9 Å². The van der Waals surface area contributed by atoms with Crippen LogP contribution in [-0.2, 0) is 94.3 Å². The predicted molar refractivity (Wildman–Crippen MR) is 482 cm³/mol. The number of likely N-dealkylation sites (tertiary alicyclic amines) is 1. The number of aliphatic imine (C=N–C) groups is 1. The number of unbranched alkanes of at least 4 members (excludes halogenated alkanes) is 1. The van der Waals surface area contributed by atoms with Gasteiger partial charge in [-0.3, -0.25) is 81.7 Å². The molecule has 734 valence electrons. The second-order valence-electron chi connectivity index (χ2n) is 32.8. The number of aromatic hydroxyl groups is 2. The number of hydrogen-bond donors (Lipinski definition) is 31. The zero-order chi connectivity index (χ0) is 99.0. The van der Waals surface area contributed by atoms with Crippen molar-refractivity contribution in [3.63, 3.8) is 0 Å². The van der Waals surface area contributed by atoms with Crippen molar-refractivity contribution < 1.29 is 117 Å². The zero-order valence-electron chi connectivity index (χ0n) is 74.6. The number of carboxylic acid groups (broad SMARTS) is 1. The quantitative estimate of drug-likeness (QED) is 0.0127. The summed E-state index contributed by atoms with van der Waals surface area (Å²) in [6, 6.07) is -15.5. The standard InChI is InChI=1S/C81H134N24O24S2/c1-9-39(4)60(101-73(122)57-33-46(111)35-105(57)78(127)59(87)38(2)3)74(123)103-62(41(6)108)76(125)96-52(31-42-15-19-44(109)20-16-42)70(119)104-63(81(7,8)131)77(126)97-53(34-58(86)112)69(118)92-48(14-12-30-90-80(88)89)64(113)93-51(25-29-85)68(117)102-61(40(5)107)75(124)95-50(24-28-84)66(115)91-47(13-10-11-26-82)65(114)100-56(37-130)72(121)94-49(23-27-83)67(116)99-55(36-106)71(120)98-54(79(128)129)32-43-17-21-45(110)22-18-43/h15-22,38-41,46-57,59-63,106-111,130-131H,9-14,23-37,82-85,87H2,1-8H3,(H2,86,112)(H,91,115)(H,92,118)(H,93,113)(H,94,121)(H,95,124)(H,96,125)(H,97,126)(H,98,120)(H,99,116)(H,100,114)(H,101,122)(H,102,117)(H,103,123)(H,104,119)(H,128,129)(H4,88,89,90)/t39-,40+,41+,46+,47-,48-,49-,50+,51-,52-,53-,54-,55-,56-,57-,59-,60-,61-,62-,63+/m0/s1. The van der Waals surface area contributed by atoms with Crippen molar-refractivity contribution in [3.05, 3.63) is 59.7 Å². The number of carboxylic acids is 1. The van der Waals surface area contributed by atoms with Gasteiger partial charge in [-0.25, -0.2) is 4.79 Å². The van der Waals surface area contributed by atoms with E-state index in [-0.39, 0.29) is 126 Å². The number of carbonyl (C=O) groups excluding carboxylic acids is 16. The molecule has 1 saturated heterocycles. The normalized spacial score (nSPS) is 17.2. The van der Waals surface area contributed by atoms with Gasteiger partial charge < -0.3 is 161 Å². The molecule has 0 spiro atoms. The van der Waals surface area contributed by atoms with E-state index >= 15 is 0 Å². The fourth-order valence-corrected chi connectivity index (χ4v) is 13.8. The first-order chi connectivity index (χ1) is 61.5. The number of hydrogen-bond acceptors (Lipinski definition) is 31. The Hall–Kier alpha value is -11.4. The second-order valence-corrected chi connectivity index (χ2v) is 34.3. The number of rotatable bonds is 58. The summed E-state index contributed by atoms with van der Waals surface area (Å²) in [4.78, 5) is 243. The molecule has 1 heterocycles. The lowest BCUT2D eigenvalue weighted by atomic mass is 9.96. The minimum absolute atomic E-state index is 0.105. The summed E-state index contributed by atoms with van der Waals surface area (Å²) in [5.41, 5.74) is 47.0. The van der Waals surface area contributed by atoms with Crippen LogP contribution < -0.4 is 120 Å². The first-order valence-electron chi connectivity index (χ1n) is 42.7. The van der Waals surface area contributed by atoms with E-state index < -0.39 is 258 Å². The lowest BCUT2D eigenvalue weighted by Gasteiger charge is -2.33. The van der Waals surface area contributed by atoms with Crippen molar-refractivity contribution in [2.45, 2.75) is 259 Å². The van der Waals surface area contributed by atoms with E-state index in [2.05, 4.69) is 105 Å². The molecular weight excluding hydrogens is 1760 g/mol. The number of nitrogens with zero attached hydrogens (tertiary/aromatic N) is 2. The van der Waals surface area contributed by atoms with Crippen LogP contribution in [0.15, 0.2) is 53.5 Å². The molecule has 0 saturated carbocycles. The fraction of sp³-hybridized carbons (Fsp3) is 0.630. The summed E-state index contributed by atoms with van der Waals surface area (Å²) in [5.74, 6) is -21.0. The Balaban J connectivity index is 1.92. The lowest BCUT2D eigenvalue weighted by Crippen LogP contribution is -2.64. The molecule has 131 heavy (non-hydrogen) atoms. The maximum absolute atomic E-state index is 14.8. The highest BCUT2D eigenvalue weighted by molar-refractivity contribution is 7.81. The average molecular weight is 1890 g/mol. The fourth-order valence-electron chi connectivity index (χ4n) is 13.3. The molecule has 2 aromatic carbocycles. The number of carbonyl (C=O) groups is 17. The molecule has 16 amide bonds. The number of aliphatic carboxylic acids is 1. The van der Waals surface area contributed by atoms with E-state index in [1.165, 1.54) is 62.4 Å². The van der Waals surface area contributed by atoms with Gasteiger partial charge in [0.15, 0.2) is 5.96 Å². The van der Waals surface area contributed by atoms with Crippen LogP contribution in [0, 0.1) is 11.8 Å². The monoisotopic (exact) mass is 1890 g/mol. The highest BCUT2D eigenvalue weighted by atomic mass is 32.1. The van der Waals surface area contributed by atoms with E-state index in [0.717, 1.165) is 18.7 Å². The molecule has 0 unspecified atom stereocenters. The Bertz CT molecular complexity index is 4210. The maximum Gasteiger partial charge on any atom is 0.326 e. The topological polar surface area (TPSA) is 824 Å². The summed E-state index contributed by atoms with van der Waals surface area (Å²) in [7, 11) is 0. The molecule has 48 nitrogen and oxygen atoms in total. The number of primary amides is 1. The van der Waals surface area contributed by atoms with Crippen LogP contribution in [0.4, 0.5) is 0 Å². The summed E-state index contributed by atoms with van der Waals surface area (Å²) >= 11 is 8.80. The third-order valence-corrected chi connectivity index (χ3v) is 21.8. The van der Waals surface area contributed by atoms with E-state index in [1.54, 1.807) is 27.7 Å². The largest absolute Gasteiger partial charge is 0.508 e. The van der Waals surface area contributed by atoms with Crippen LogP contribution >= 0.6 is 25.3 Å². The molecule has 0 bridgehead atoms. The molecule has 37 N–H and O–H groups in total. The Morgan fingerprint density at radius 2 is 0.855 bits per heavy atom. The Kier molecular flexibility index (Phi) is 49.0. The Morgan fingerprint density at radius 3 is 1.27 bits per heavy atom. The Morgan fingerprint density at radius 1 is 0.481 bits per heavy atom. The first-order valence-corrected chi connectivity index (χ1v) is 43.8. The molecule has 20 atom stereocenters. The first kappa shape index (κ1) is 114. The van der Waals surface area contributed by atoms with Crippen LogP contribution in [-0.4, -0.2) is 318 Å². The zero-order valence-corrected chi connectivity index (χ0v) is 76.4. The van der Waals surface area contributed by atoms with E-state index in [0.29, 0.717) is 12.0 Å². The molecule has 1 fully saturated rings. The average Bonchev–Trinajstić information content (AvgIpc) is 1.69. The van der Waals surface area contributed by atoms with Gasteiger partial charge in [0.25, 0.3) is 0 Å². The van der Waals surface area contributed by atoms with Crippen LogP contribution in [0.25, 0.3) is 0 Å². The van der Waals surface area contributed by atoms with Gasteiger partial charge in [0.2, 0.25) is 94.5 Å².